The van der Waals surface area contributed by atoms with Gasteiger partial charge in [0.05, 0.1) is 12.5 Å². The number of cyclic esters (lactones) is 1. The summed E-state index contributed by atoms with van der Waals surface area (Å²) in [5.41, 5.74) is 1.50. The number of halogens is 3. The molecule has 10 heteroatoms. The second kappa shape index (κ2) is 12.0. The quantitative estimate of drug-likeness (QED) is 0.485. The highest BCUT2D eigenvalue weighted by molar-refractivity contribution is 5.94. The maximum atomic E-state index is 13.9. The van der Waals surface area contributed by atoms with Gasteiger partial charge in [0.1, 0.15) is 25.3 Å². The number of carbonyl (C=O) groups excluding carboxylic acids is 3. The summed E-state index contributed by atoms with van der Waals surface area (Å²) in [6, 6.07) is 13.3. The third-order valence-electron chi connectivity index (χ3n) is 5.84. The number of ether oxygens (including phenoxy) is 2. The molecule has 0 aliphatic carbocycles. The molecule has 0 saturated carbocycles. The molecule has 1 aliphatic heterocycles. The van der Waals surface area contributed by atoms with Crippen molar-refractivity contribution in [2.24, 2.45) is 5.92 Å². The zero-order chi connectivity index (χ0) is 26.3. The molecular weight excluding hydrogens is 477 g/mol. The zero-order valence-electron chi connectivity index (χ0n) is 20.0. The van der Waals surface area contributed by atoms with Crippen LogP contribution in [-0.2, 0) is 32.1 Å². The van der Waals surface area contributed by atoms with Crippen LogP contribution >= 0.6 is 0 Å². The van der Waals surface area contributed by atoms with E-state index in [4.69, 9.17) is 9.47 Å². The molecule has 2 aromatic rings. The Kier molecular flexibility index (Phi) is 9.08. The number of benzene rings is 2. The Hall–Kier alpha value is -3.40. The second-order valence-electron chi connectivity index (χ2n) is 8.96. The topological polar surface area (TPSA) is 84.9 Å². The highest BCUT2D eigenvalue weighted by atomic mass is 19.4. The van der Waals surface area contributed by atoms with Gasteiger partial charge in [0.2, 0.25) is 5.91 Å². The molecular formula is C26H29F3N2O5. The molecule has 1 fully saturated rings. The van der Waals surface area contributed by atoms with Crippen LogP contribution in [0.25, 0.3) is 0 Å². The molecule has 0 radical (unpaired) electrons. The molecule has 36 heavy (non-hydrogen) atoms. The van der Waals surface area contributed by atoms with E-state index in [0.29, 0.717) is 5.56 Å². The molecule has 0 spiro atoms. The molecule has 1 saturated heterocycles. The predicted molar refractivity (Wildman–Crippen MR) is 125 cm³/mol. The fourth-order valence-corrected chi connectivity index (χ4v) is 3.91. The van der Waals surface area contributed by atoms with E-state index in [1.165, 1.54) is 0 Å². The minimum atomic E-state index is -4.86. The summed E-state index contributed by atoms with van der Waals surface area (Å²) >= 11 is 0. The number of amides is 2. The molecule has 3 atom stereocenters. The van der Waals surface area contributed by atoms with Crippen molar-refractivity contribution in [2.75, 3.05) is 6.61 Å². The van der Waals surface area contributed by atoms with E-state index in [1.807, 2.05) is 0 Å². The first-order chi connectivity index (χ1) is 17.1. The lowest BCUT2D eigenvalue weighted by molar-refractivity contribution is -0.170. The largest absolute Gasteiger partial charge is 0.460 e. The summed E-state index contributed by atoms with van der Waals surface area (Å²) in [5, 5.41) is 2.26. The fourth-order valence-electron chi connectivity index (χ4n) is 3.91. The van der Waals surface area contributed by atoms with Crippen molar-refractivity contribution in [3.8, 4) is 0 Å². The van der Waals surface area contributed by atoms with Gasteiger partial charge in [-0.05, 0) is 23.5 Å². The fraction of sp³-hybridized carbons (Fsp3) is 0.423. The minimum absolute atomic E-state index is 0.0963. The van der Waals surface area contributed by atoms with E-state index < -0.39 is 54.6 Å². The molecule has 1 aliphatic rings. The summed E-state index contributed by atoms with van der Waals surface area (Å²) in [5.74, 6) is -2.46. The Morgan fingerprint density at radius 2 is 1.64 bits per heavy atom. The zero-order valence-corrected chi connectivity index (χ0v) is 20.0. The van der Waals surface area contributed by atoms with Gasteiger partial charge in [-0.25, -0.2) is 9.69 Å². The van der Waals surface area contributed by atoms with Crippen LogP contribution in [0.1, 0.15) is 31.4 Å². The lowest BCUT2D eigenvalue weighted by Crippen LogP contribution is -2.55. The van der Waals surface area contributed by atoms with Gasteiger partial charge in [0.15, 0.2) is 0 Å². The third-order valence-corrected chi connectivity index (χ3v) is 5.84. The van der Waals surface area contributed by atoms with Crippen LogP contribution < -0.4 is 5.32 Å². The Bertz CT molecular complexity index is 1030. The smallest absolute Gasteiger partial charge is 0.416 e. The standard InChI is InChI=1S/C26H29F3N2O5/c1-17(2)23(24(33)35-15-19-11-7-4-8-12-19)30-21(26(27,28)29)14-22(32)31-20(16-36-25(31)34)13-18-9-5-3-6-10-18/h3-12,17,20-21,23,30H,13-16H2,1-2H3/t20-,21-,23-/m0/s1. The van der Waals surface area contributed by atoms with Crippen LogP contribution in [-0.4, -0.2) is 53.8 Å². The number of nitrogens with one attached hydrogen (secondary N) is 1. The van der Waals surface area contributed by atoms with Crippen molar-refractivity contribution >= 4 is 18.0 Å². The van der Waals surface area contributed by atoms with Crippen LogP contribution in [0.2, 0.25) is 0 Å². The molecule has 7 nitrogen and oxygen atoms in total. The molecule has 0 unspecified atom stereocenters. The molecule has 2 aromatic carbocycles. The van der Waals surface area contributed by atoms with Crippen molar-refractivity contribution in [3.05, 3.63) is 71.8 Å². The number of alkyl halides is 3. The summed E-state index contributed by atoms with van der Waals surface area (Å²) < 4.78 is 52.0. The van der Waals surface area contributed by atoms with Crippen molar-refractivity contribution in [1.29, 1.82) is 0 Å². The monoisotopic (exact) mass is 506 g/mol. The first-order valence-electron chi connectivity index (χ1n) is 11.6. The Morgan fingerprint density at radius 1 is 1.06 bits per heavy atom. The van der Waals surface area contributed by atoms with Crippen LogP contribution in [0.15, 0.2) is 60.7 Å². The van der Waals surface area contributed by atoms with Gasteiger partial charge in [-0.15, -0.1) is 0 Å². The lowest BCUT2D eigenvalue weighted by atomic mass is 10.0. The van der Waals surface area contributed by atoms with Gasteiger partial charge in [-0.1, -0.05) is 74.5 Å². The van der Waals surface area contributed by atoms with Crippen molar-refractivity contribution < 1.29 is 37.0 Å². The van der Waals surface area contributed by atoms with E-state index >= 15 is 0 Å². The molecule has 3 rings (SSSR count). The second-order valence-corrected chi connectivity index (χ2v) is 8.96. The summed E-state index contributed by atoms with van der Waals surface area (Å²) in [7, 11) is 0. The number of carbonyl (C=O) groups is 3. The number of esters is 1. The Morgan fingerprint density at radius 3 is 2.19 bits per heavy atom. The van der Waals surface area contributed by atoms with E-state index in [-0.39, 0.29) is 19.6 Å². The number of hydrogen-bond donors (Lipinski definition) is 1. The molecule has 0 aromatic heterocycles. The highest BCUT2D eigenvalue weighted by Crippen LogP contribution is 2.27. The first-order valence-corrected chi connectivity index (χ1v) is 11.6. The highest BCUT2D eigenvalue weighted by Gasteiger charge is 2.47. The van der Waals surface area contributed by atoms with Crippen LogP contribution in [0.4, 0.5) is 18.0 Å². The maximum Gasteiger partial charge on any atom is 0.416 e. The van der Waals surface area contributed by atoms with E-state index in [2.05, 4.69) is 5.32 Å². The third kappa shape index (κ3) is 7.30. The minimum Gasteiger partial charge on any atom is -0.460 e. The lowest BCUT2D eigenvalue weighted by Gasteiger charge is -2.29. The molecule has 1 N–H and O–H groups in total. The molecule has 194 valence electrons. The SMILES string of the molecule is CC(C)[C@H](N[C@@H](CC(=O)N1C(=O)OC[C@@H]1Cc1ccccc1)C(F)(F)F)C(=O)OCc1ccccc1. The average molecular weight is 507 g/mol. The van der Waals surface area contributed by atoms with Gasteiger partial charge in [-0.2, -0.15) is 13.2 Å². The Balaban J connectivity index is 1.70. The van der Waals surface area contributed by atoms with Gasteiger partial charge >= 0.3 is 18.2 Å². The van der Waals surface area contributed by atoms with E-state index in [9.17, 15) is 27.6 Å². The van der Waals surface area contributed by atoms with Gasteiger partial charge in [0, 0.05) is 0 Å². The number of hydrogen-bond acceptors (Lipinski definition) is 6. The number of rotatable bonds is 10. The summed E-state index contributed by atoms with van der Waals surface area (Å²) in [6.07, 6.45) is -6.66. The van der Waals surface area contributed by atoms with Crippen LogP contribution in [0.5, 0.6) is 0 Å². The van der Waals surface area contributed by atoms with Gasteiger partial charge in [0.25, 0.3) is 0 Å². The number of nitrogens with zero attached hydrogens (tertiary/aromatic N) is 1. The first kappa shape index (κ1) is 27.2. The van der Waals surface area contributed by atoms with Crippen molar-refractivity contribution in [3.63, 3.8) is 0 Å². The van der Waals surface area contributed by atoms with Gasteiger partial charge < -0.3 is 9.47 Å². The van der Waals surface area contributed by atoms with Crippen molar-refractivity contribution in [2.45, 2.75) is 57.6 Å². The van der Waals surface area contributed by atoms with E-state index in [1.54, 1.807) is 74.5 Å². The van der Waals surface area contributed by atoms with E-state index in [0.717, 1.165) is 10.5 Å². The van der Waals surface area contributed by atoms with Gasteiger partial charge in [-0.3, -0.25) is 14.9 Å². The van der Waals surface area contributed by atoms with Crippen LogP contribution in [0, 0.1) is 5.92 Å². The summed E-state index contributed by atoms with van der Waals surface area (Å²) in [4.78, 5) is 38.5. The molecule has 0 bridgehead atoms. The van der Waals surface area contributed by atoms with Crippen LogP contribution in [0.3, 0.4) is 0 Å². The average Bonchev–Trinajstić information content (AvgIpc) is 3.20. The maximum absolute atomic E-state index is 13.9. The normalized spacial score (nSPS) is 17.6. The molecule has 1 heterocycles. The number of imide groups is 1. The van der Waals surface area contributed by atoms with Crippen molar-refractivity contribution in [1.82, 2.24) is 10.2 Å². The Labute approximate surface area is 207 Å². The predicted octanol–water partition coefficient (Wildman–Crippen LogP) is 4.26. The molecule has 2 amide bonds. The summed E-state index contributed by atoms with van der Waals surface area (Å²) in [6.45, 7) is 2.94.